The zero-order valence-corrected chi connectivity index (χ0v) is 9.40. The minimum Gasteiger partial charge on any atom is -0.480 e. The summed E-state index contributed by atoms with van der Waals surface area (Å²) in [4.78, 5) is 12.4. The molecule has 1 saturated heterocycles. The molecule has 1 N–H and O–H groups in total. The van der Waals surface area contributed by atoms with Gasteiger partial charge in [-0.1, -0.05) is 6.92 Å². The first-order valence-corrected chi connectivity index (χ1v) is 4.81. The third-order valence-electron chi connectivity index (χ3n) is 2.64. The second kappa shape index (κ2) is 5.61. The van der Waals surface area contributed by atoms with Crippen molar-refractivity contribution < 1.29 is 18.7 Å². The van der Waals surface area contributed by atoms with Crippen LogP contribution in [-0.2, 0) is 4.79 Å². The molecule has 1 aliphatic rings. The zero-order chi connectivity index (χ0) is 10.8. The van der Waals surface area contributed by atoms with Crippen LogP contribution in [0, 0.1) is 0 Å². The summed E-state index contributed by atoms with van der Waals surface area (Å²) < 4.78 is 25.5. The van der Waals surface area contributed by atoms with Gasteiger partial charge in [0.05, 0.1) is 0 Å². The van der Waals surface area contributed by atoms with Crippen LogP contribution in [0.5, 0.6) is 0 Å². The molecular weight excluding hydrogens is 228 g/mol. The minimum atomic E-state index is -2.60. The Hall–Kier alpha value is -0.420. The van der Waals surface area contributed by atoms with Gasteiger partial charge in [0.1, 0.15) is 6.04 Å². The first kappa shape index (κ1) is 14.6. The summed E-state index contributed by atoms with van der Waals surface area (Å²) in [6.07, 6.45) is 0.00840. The molecule has 0 aromatic carbocycles. The SMILES string of the molecule is CCC(C(=O)O)N1CCC(F)(F)CC1.Cl. The fourth-order valence-corrected chi connectivity index (χ4v) is 1.75. The highest BCUT2D eigenvalue weighted by Gasteiger charge is 2.37. The molecule has 1 atom stereocenters. The Kier molecular flexibility index (Phi) is 5.45. The van der Waals surface area contributed by atoms with Crippen LogP contribution in [0.15, 0.2) is 0 Å². The van der Waals surface area contributed by atoms with Gasteiger partial charge in [-0.3, -0.25) is 9.69 Å². The number of rotatable bonds is 3. The first-order chi connectivity index (χ1) is 6.46. The maximum Gasteiger partial charge on any atom is 0.320 e. The van der Waals surface area contributed by atoms with Gasteiger partial charge in [0, 0.05) is 25.9 Å². The van der Waals surface area contributed by atoms with E-state index in [4.69, 9.17) is 5.11 Å². The first-order valence-electron chi connectivity index (χ1n) is 4.81. The Morgan fingerprint density at radius 1 is 1.47 bits per heavy atom. The molecule has 3 nitrogen and oxygen atoms in total. The summed E-state index contributed by atoms with van der Waals surface area (Å²) >= 11 is 0. The molecule has 6 heteroatoms. The van der Waals surface area contributed by atoms with Gasteiger partial charge in [0.15, 0.2) is 0 Å². The van der Waals surface area contributed by atoms with Gasteiger partial charge in [-0.15, -0.1) is 12.4 Å². The Labute approximate surface area is 93.9 Å². The largest absolute Gasteiger partial charge is 0.480 e. The Morgan fingerprint density at radius 2 is 1.93 bits per heavy atom. The predicted octanol–water partition coefficient (Wildman–Crippen LogP) is 2.00. The van der Waals surface area contributed by atoms with Gasteiger partial charge < -0.3 is 5.11 Å². The van der Waals surface area contributed by atoms with E-state index >= 15 is 0 Å². The van der Waals surface area contributed by atoms with Crippen LogP contribution in [0.1, 0.15) is 26.2 Å². The van der Waals surface area contributed by atoms with E-state index in [9.17, 15) is 13.6 Å². The van der Waals surface area contributed by atoms with Crippen LogP contribution in [0.25, 0.3) is 0 Å². The Morgan fingerprint density at radius 3 is 2.27 bits per heavy atom. The van der Waals surface area contributed by atoms with Crippen molar-refractivity contribution in [2.45, 2.75) is 38.2 Å². The molecule has 1 rings (SSSR count). The van der Waals surface area contributed by atoms with Crippen LogP contribution in [0.4, 0.5) is 8.78 Å². The summed E-state index contributed by atoms with van der Waals surface area (Å²) in [5, 5.41) is 8.83. The number of halogens is 3. The molecule has 0 amide bonds. The van der Waals surface area contributed by atoms with Gasteiger partial charge in [0.25, 0.3) is 5.92 Å². The second-order valence-corrected chi connectivity index (χ2v) is 3.65. The summed E-state index contributed by atoms with van der Waals surface area (Å²) in [6, 6.07) is -0.605. The third-order valence-corrected chi connectivity index (χ3v) is 2.64. The number of hydrogen-bond donors (Lipinski definition) is 1. The van der Waals surface area contributed by atoms with Crippen molar-refractivity contribution in [2.75, 3.05) is 13.1 Å². The molecule has 0 aliphatic carbocycles. The molecule has 0 radical (unpaired) electrons. The minimum absolute atomic E-state index is 0. The Balaban J connectivity index is 0.00000196. The van der Waals surface area contributed by atoms with Gasteiger partial charge in [-0.2, -0.15) is 0 Å². The maximum absolute atomic E-state index is 12.8. The second-order valence-electron chi connectivity index (χ2n) is 3.65. The average Bonchev–Trinajstić information content (AvgIpc) is 2.08. The van der Waals surface area contributed by atoms with Crippen molar-refractivity contribution in [3.8, 4) is 0 Å². The molecule has 15 heavy (non-hydrogen) atoms. The summed E-state index contributed by atoms with van der Waals surface area (Å²) in [7, 11) is 0. The predicted molar refractivity (Wildman–Crippen MR) is 54.7 cm³/mol. The van der Waals surface area contributed by atoms with Gasteiger partial charge in [0.2, 0.25) is 0 Å². The topological polar surface area (TPSA) is 40.5 Å². The normalized spacial score (nSPS) is 22.9. The van der Waals surface area contributed by atoms with Crippen LogP contribution in [-0.4, -0.2) is 41.0 Å². The summed E-state index contributed by atoms with van der Waals surface area (Å²) in [5.74, 6) is -3.52. The van der Waals surface area contributed by atoms with E-state index in [1.165, 1.54) is 0 Å². The van der Waals surface area contributed by atoms with Crippen molar-refractivity contribution in [1.82, 2.24) is 4.90 Å². The van der Waals surface area contributed by atoms with E-state index in [1.54, 1.807) is 11.8 Å². The van der Waals surface area contributed by atoms with Gasteiger partial charge in [-0.05, 0) is 6.42 Å². The molecule has 1 heterocycles. The lowest BCUT2D eigenvalue weighted by Gasteiger charge is -2.35. The van der Waals surface area contributed by atoms with E-state index in [2.05, 4.69) is 0 Å². The number of aliphatic carboxylic acids is 1. The fraction of sp³-hybridized carbons (Fsp3) is 0.889. The number of carboxylic acid groups (broad SMARTS) is 1. The van der Waals surface area contributed by atoms with Gasteiger partial charge in [-0.25, -0.2) is 8.78 Å². The molecule has 1 fully saturated rings. The number of carboxylic acids is 1. The van der Waals surface area contributed by atoms with Crippen LogP contribution in [0.3, 0.4) is 0 Å². The van der Waals surface area contributed by atoms with E-state index in [1.807, 2.05) is 0 Å². The van der Waals surface area contributed by atoms with E-state index in [0.717, 1.165) is 0 Å². The highest BCUT2D eigenvalue weighted by atomic mass is 35.5. The maximum atomic E-state index is 12.8. The average molecular weight is 244 g/mol. The van der Waals surface area contributed by atoms with E-state index in [0.29, 0.717) is 6.42 Å². The van der Waals surface area contributed by atoms with Crippen molar-refractivity contribution in [3.05, 3.63) is 0 Å². The fourth-order valence-electron chi connectivity index (χ4n) is 1.75. The number of nitrogens with zero attached hydrogens (tertiary/aromatic N) is 1. The van der Waals surface area contributed by atoms with E-state index < -0.39 is 17.9 Å². The molecular formula is C9H16ClF2NO2. The zero-order valence-electron chi connectivity index (χ0n) is 8.58. The van der Waals surface area contributed by atoms with Crippen molar-refractivity contribution in [3.63, 3.8) is 0 Å². The molecule has 0 aromatic heterocycles. The molecule has 0 spiro atoms. The highest BCUT2D eigenvalue weighted by Crippen LogP contribution is 2.28. The third kappa shape index (κ3) is 3.91. The standard InChI is InChI=1S/C9H15F2NO2.ClH/c1-2-7(8(13)14)12-5-3-9(10,11)4-6-12;/h7H,2-6H2,1H3,(H,13,14);1H. The molecule has 0 aromatic rings. The Bertz CT molecular complexity index is 216. The van der Waals surface area contributed by atoms with Crippen LogP contribution < -0.4 is 0 Å². The lowest BCUT2D eigenvalue weighted by atomic mass is 10.0. The number of likely N-dealkylation sites (tertiary alicyclic amines) is 1. The number of carbonyl (C=O) groups is 1. The monoisotopic (exact) mass is 243 g/mol. The lowest BCUT2D eigenvalue weighted by molar-refractivity contribution is -0.146. The quantitative estimate of drug-likeness (QED) is 0.824. The number of alkyl halides is 2. The van der Waals surface area contributed by atoms with Crippen molar-refractivity contribution in [1.29, 1.82) is 0 Å². The number of hydrogen-bond acceptors (Lipinski definition) is 2. The molecule has 1 unspecified atom stereocenters. The molecule has 90 valence electrons. The molecule has 1 aliphatic heterocycles. The van der Waals surface area contributed by atoms with Crippen LogP contribution >= 0.6 is 12.4 Å². The molecule has 0 saturated carbocycles. The summed E-state index contributed by atoms with van der Waals surface area (Å²) in [5.41, 5.74) is 0. The molecule has 0 bridgehead atoms. The number of piperidine rings is 1. The van der Waals surface area contributed by atoms with Crippen molar-refractivity contribution >= 4 is 18.4 Å². The van der Waals surface area contributed by atoms with Crippen molar-refractivity contribution in [2.24, 2.45) is 0 Å². The highest BCUT2D eigenvalue weighted by molar-refractivity contribution is 5.85. The summed E-state index contributed by atoms with van der Waals surface area (Å²) in [6.45, 7) is 2.11. The lowest BCUT2D eigenvalue weighted by Crippen LogP contribution is -2.48. The smallest absolute Gasteiger partial charge is 0.320 e. The van der Waals surface area contributed by atoms with E-state index in [-0.39, 0.29) is 38.3 Å². The van der Waals surface area contributed by atoms with Crippen LogP contribution in [0.2, 0.25) is 0 Å². The van der Waals surface area contributed by atoms with Gasteiger partial charge >= 0.3 is 5.97 Å².